The molecule has 21 heavy (non-hydrogen) atoms. The first kappa shape index (κ1) is 13.4. The highest BCUT2D eigenvalue weighted by Crippen LogP contribution is 2.19. The van der Waals surface area contributed by atoms with Crippen LogP contribution in [0.25, 0.3) is 10.8 Å². The van der Waals surface area contributed by atoms with Crippen molar-refractivity contribution in [3.63, 3.8) is 0 Å². The molecule has 2 aromatic carbocycles. The van der Waals surface area contributed by atoms with Crippen LogP contribution in [0.3, 0.4) is 0 Å². The number of fused-ring (bicyclic) bond motifs is 1. The minimum absolute atomic E-state index is 0.0368. The van der Waals surface area contributed by atoms with Gasteiger partial charge < -0.3 is 0 Å². The molecule has 0 amide bonds. The fourth-order valence-corrected chi connectivity index (χ4v) is 2.28. The second-order valence-electron chi connectivity index (χ2n) is 4.69. The van der Waals surface area contributed by atoms with Crippen LogP contribution >= 0.6 is 0 Å². The monoisotopic (exact) mass is 283 g/mol. The molecule has 0 fully saturated rings. The molecule has 104 valence electrons. The van der Waals surface area contributed by atoms with Crippen molar-refractivity contribution < 1.29 is 13.6 Å². The van der Waals surface area contributed by atoms with Gasteiger partial charge in [0.25, 0.3) is 0 Å². The molecule has 4 heteroatoms. The third kappa shape index (κ3) is 2.52. The molecule has 3 aromatic rings. The van der Waals surface area contributed by atoms with Crippen LogP contribution in [0.2, 0.25) is 0 Å². The van der Waals surface area contributed by atoms with Crippen LogP contribution in [0.5, 0.6) is 0 Å². The molecule has 0 radical (unpaired) electrons. The summed E-state index contributed by atoms with van der Waals surface area (Å²) in [4.78, 5) is 16.4. The molecule has 0 aliphatic carbocycles. The average Bonchev–Trinajstić information content (AvgIpc) is 2.51. The fraction of sp³-hybridized carbons (Fsp3) is 0.0588. The lowest BCUT2D eigenvalue weighted by molar-refractivity contribution is 0.0988. The molecule has 1 heterocycles. The number of pyridine rings is 1. The van der Waals surface area contributed by atoms with Gasteiger partial charge in [0.2, 0.25) is 0 Å². The molecule has 0 unspecified atom stereocenters. The number of carbonyl (C=O) groups excluding carboxylic acids is 1. The summed E-state index contributed by atoms with van der Waals surface area (Å²) in [5.41, 5.74) is 0.312. The Kier molecular flexibility index (Phi) is 3.44. The van der Waals surface area contributed by atoms with Gasteiger partial charge in [-0.3, -0.25) is 9.78 Å². The quantitative estimate of drug-likeness (QED) is 0.681. The molecule has 2 nitrogen and oxygen atoms in total. The summed E-state index contributed by atoms with van der Waals surface area (Å²) in [5.74, 6) is -2.27. The number of hydrogen-bond donors (Lipinski definition) is 0. The first-order chi connectivity index (χ1) is 10.2. The van der Waals surface area contributed by atoms with Gasteiger partial charge in [-0.2, -0.15) is 0 Å². The smallest absolute Gasteiger partial charge is 0.186 e. The van der Waals surface area contributed by atoms with Crippen molar-refractivity contribution >= 4 is 16.6 Å². The van der Waals surface area contributed by atoms with Gasteiger partial charge in [-0.15, -0.1) is 0 Å². The number of halogens is 2. The van der Waals surface area contributed by atoms with E-state index < -0.39 is 11.6 Å². The zero-order valence-corrected chi connectivity index (χ0v) is 11.0. The third-order valence-corrected chi connectivity index (χ3v) is 3.32. The Morgan fingerprint density at radius 3 is 2.67 bits per heavy atom. The Morgan fingerprint density at radius 1 is 1.00 bits per heavy atom. The van der Waals surface area contributed by atoms with E-state index in [2.05, 4.69) is 4.98 Å². The van der Waals surface area contributed by atoms with Crippen LogP contribution in [-0.4, -0.2) is 10.8 Å². The second kappa shape index (κ2) is 5.40. The fourth-order valence-electron chi connectivity index (χ4n) is 2.28. The Morgan fingerprint density at radius 2 is 1.81 bits per heavy atom. The standard InChI is InChI=1S/C17H11F2NO/c18-14-7-3-5-12(16(14)19)10-15(21)17-13-6-2-1-4-11(13)8-9-20-17/h1-9H,10H2. The van der Waals surface area contributed by atoms with Crippen molar-refractivity contribution in [1.29, 1.82) is 0 Å². The predicted molar refractivity (Wildman–Crippen MR) is 76.1 cm³/mol. The van der Waals surface area contributed by atoms with Gasteiger partial charge >= 0.3 is 0 Å². The van der Waals surface area contributed by atoms with E-state index in [1.807, 2.05) is 18.2 Å². The average molecular weight is 283 g/mol. The Balaban J connectivity index is 2.00. The maximum Gasteiger partial charge on any atom is 0.186 e. The van der Waals surface area contributed by atoms with Gasteiger partial charge in [-0.05, 0) is 23.1 Å². The summed E-state index contributed by atoms with van der Waals surface area (Å²) in [5, 5.41) is 1.59. The molecule has 3 rings (SSSR count). The predicted octanol–water partition coefficient (Wildman–Crippen LogP) is 3.94. The number of ketones is 1. The molecule has 0 saturated carbocycles. The summed E-state index contributed by atoms with van der Waals surface area (Å²) in [6.45, 7) is 0. The number of carbonyl (C=O) groups is 1. The number of nitrogens with zero attached hydrogens (tertiary/aromatic N) is 1. The zero-order valence-electron chi connectivity index (χ0n) is 11.0. The highest BCUT2D eigenvalue weighted by Gasteiger charge is 2.16. The highest BCUT2D eigenvalue weighted by atomic mass is 19.2. The van der Waals surface area contributed by atoms with E-state index >= 15 is 0 Å². The van der Waals surface area contributed by atoms with Crippen LogP contribution < -0.4 is 0 Å². The van der Waals surface area contributed by atoms with Gasteiger partial charge in [-0.25, -0.2) is 8.78 Å². The SMILES string of the molecule is O=C(Cc1cccc(F)c1F)c1nccc2ccccc12. The van der Waals surface area contributed by atoms with Crippen molar-refractivity contribution in [3.05, 3.63) is 77.6 Å². The van der Waals surface area contributed by atoms with Gasteiger partial charge in [-0.1, -0.05) is 36.4 Å². The van der Waals surface area contributed by atoms with Crippen LogP contribution in [0.4, 0.5) is 8.78 Å². The summed E-state index contributed by atoms with van der Waals surface area (Å²) in [7, 11) is 0. The zero-order chi connectivity index (χ0) is 14.8. The van der Waals surface area contributed by atoms with E-state index in [1.165, 1.54) is 18.3 Å². The molecule has 0 N–H and O–H groups in total. The molecular formula is C17H11F2NO. The van der Waals surface area contributed by atoms with Crippen LogP contribution in [0, 0.1) is 11.6 Å². The van der Waals surface area contributed by atoms with Crippen molar-refractivity contribution in [3.8, 4) is 0 Å². The summed E-state index contributed by atoms with van der Waals surface area (Å²) in [6.07, 6.45) is 1.32. The molecule has 0 aliphatic heterocycles. The number of rotatable bonds is 3. The number of benzene rings is 2. The maximum absolute atomic E-state index is 13.6. The first-order valence-electron chi connectivity index (χ1n) is 6.46. The number of hydrogen-bond acceptors (Lipinski definition) is 2. The molecule has 0 atom stereocenters. The highest BCUT2D eigenvalue weighted by molar-refractivity contribution is 6.07. The van der Waals surface area contributed by atoms with Crippen molar-refractivity contribution in [2.45, 2.75) is 6.42 Å². The summed E-state index contributed by atoms with van der Waals surface area (Å²) in [6, 6.07) is 13.0. The van der Waals surface area contributed by atoms with Crippen molar-refractivity contribution in [2.75, 3.05) is 0 Å². The third-order valence-electron chi connectivity index (χ3n) is 3.32. The lowest BCUT2D eigenvalue weighted by Gasteiger charge is -2.06. The van der Waals surface area contributed by atoms with E-state index in [4.69, 9.17) is 0 Å². The van der Waals surface area contributed by atoms with Crippen molar-refractivity contribution in [1.82, 2.24) is 4.98 Å². The normalized spacial score (nSPS) is 10.8. The first-order valence-corrected chi connectivity index (χ1v) is 6.46. The van der Waals surface area contributed by atoms with E-state index in [1.54, 1.807) is 12.1 Å². The largest absolute Gasteiger partial charge is 0.292 e. The van der Waals surface area contributed by atoms with Crippen molar-refractivity contribution in [2.24, 2.45) is 0 Å². The van der Waals surface area contributed by atoms with E-state index in [0.717, 1.165) is 11.5 Å². The van der Waals surface area contributed by atoms with Gasteiger partial charge in [0.15, 0.2) is 17.4 Å². The summed E-state index contributed by atoms with van der Waals surface area (Å²) < 4.78 is 26.8. The van der Waals surface area contributed by atoms with Crippen LogP contribution in [0.1, 0.15) is 16.1 Å². The maximum atomic E-state index is 13.6. The van der Waals surface area contributed by atoms with Gasteiger partial charge in [0, 0.05) is 18.0 Å². The minimum Gasteiger partial charge on any atom is -0.292 e. The molecule has 0 spiro atoms. The van der Waals surface area contributed by atoms with E-state index in [9.17, 15) is 13.6 Å². The van der Waals surface area contributed by atoms with Gasteiger partial charge in [0.1, 0.15) is 5.69 Å². The molecule has 0 bridgehead atoms. The molecule has 0 aliphatic rings. The summed E-state index contributed by atoms with van der Waals surface area (Å²) >= 11 is 0. The van der Waals surface area contributed by atoms with E-state index in [-0.39, 0.29) is 23.5 Å². The Labute approximate surface area is 120 Å². The molecule has 1 aromatic heterocycles. The topological polar surface area (TPSA) is 30.0 Å². The Bertz CT molecular complexity index is 825. The minimum atomic E-state index is -0.980. The van der Waals surface area contributed by atoms with Crippen LogP contribution in [-0.2, 0) is 6.42 Å². The Hall–Kier alpha value is -2.62. The number of aromatic nitrogens is 1. The molecule has 0 saturated heterocycles. The number of Topliss-reactive ketones (excluding diaryl/α,β-unsaturated/α-hetero) is 1. The lowest BCUT2D eigenvalue weighted by Crippen LogP contribution is -2.08. The second-order valence-corrected chi connectivity index (χ2v) is 4.69. The van der Waals surface area contributed by atoms with E-state index in [0.29, 0.717) is 5.39 Å². The van der Waals surface area contributed by atoms with Crippen LogP contribution in [0.15, 0.2) is 54.7 Å². The lowest BCUT2D eigenvalue weighted by atomic mass is 10.0. The molecular weight excluding hydrogens is 272 g/mol. The van der Waals surface area contributed by atoms with Gasteiger partial charge in [0.05, 0.1) is 0 Å².